The summed E-state index contributed by atoms with van der Waals surface area (Å²) in [6.45, 7) is 0.803. The van der Waals surface area contributed by atoms with E-state index in [4.69, 9.17) is 25.8 Å². The minimum Gasteiger partial charge on any atom is -0.439 e. The number of hydrogen-bond acceptors (Lipinski definition) is 5. The van der Waals surface area contributed by atoms with Crippen LogP contribution in [0.25, 0.3) is 0 Å². The van der Waals surface area contributed by atoms with Gasteiger partial charge in [0.25, 0.3) is 0 Å². The Bertz CT molecular complexity index is 578. The van der Waals surface area contributed by atoms with Crippen LogP contribution in [0.5, 0.6) is 11.6 Å². The Morgan fingerprint density at radius 2 is 1.85 bits per heavy atom. The molecule has 1 aromatic carbocycles. The summed E-state index contributed by atoms with van der Waals surface area (Å²) in [7, 11) is 3.22. The Hall–Kier alpha value is -1.69. The first kappa shape index (κ1) is 14.7. The van der Waals surface area contributed by atoms with Crippen molar-refractivity contribution in [2.24, 2.45) is 0 Å². The van der Waals surface area contributed by atoms with Gasteiger partial charge in [0, 0.05) is 20.3 Å². The highest BCUT2D eigenvalue weighted by Gasteiger charge is 2.06. The molecule has 0 radical (unpaired) electrons. The van der Waals surface area contributed by atoms with E-state index in [1.165, 1.54) is 0 Å². The van der Waals surface area contributed by atoms with Crippen LogP contribution in [-0.4, -0.2) is 24.2 Å². The lowest BCUT2D eigenvalue weighted by Gasteiger charge is -2.08. The second-order valence-corrected chi connectivity index (χ2v) is 4.45. The van der Waals surface area contributed by atoms with Crippen LogP contribution < -0.4 is 4.74 Å². The largest absolute Gasteiger partial charge is 0.439 e. The van der Waals surface area contributed by atoms with Crippen LogP contribution in [0.1, 0.15) is 11.4 Å². The number of rotatable bonds is 6. The fourth-order valence-corrected chi connectivity index (χ4v) is 1.86. The zero-order valence-corrected chi connectivity index (χ0v) is 12.1. The molecule has 1 aromatic heterocycles. The predicted octanol–water partition coefficient (Wildman–Crippen LogP) is 3.22. The molecule has 2 aromatic rings. The van der Waals surface area contributed by atoms with E-state index in [0.717, 1.165) is 5.56 Å². The summed E-state index contributed by atoms with van der Waals surface area (Å²) >= 11 is 5.93. The number of halogens is 1. The molecule has 2 rings (SSSR count). The van der Waals surface area contributed by atoms with Crippen molar-refractivity contribution in [2.75, 3.05) is 14.2 Å². The van der Waals surface area contributed by atoms with Crippen LogP contribution in [0.15, 0.2) is 30.3 Å². The Balaban J connectivity index is 2.18. The average Bonchev–Trinajstić information content (AvgIpc) is 2.39. The summed E-state index contributed by atoms with van der Waals surface area (Å²) in [6.07, 6.45) is 0. The summed E-state index contributed by atoms with van der Waals surface area (Å²) in [4.78, 5) is 8.26. The fraction of sp³-hybridized carbons (Fsp3) is 0.286. The van der Waals surface area contributed by atoms with Crippen molar-refractivity contribution in [2.45, 2.75) is 13.2 Å². The third-order valence-corrected chi connectivity index (χ3v) is 2.62. The van der Waals surface area contributed by atoms with Crippen LogP contribution in [0.2, 0.25) is 5.15 Å². The molecular formula is C14H15ClN2O3. The maximum absolute atomic E-state index is 5.93. The zero-order valence-electron chi connectivity index (χ0n) is 11.3. The first-order valence-electron chi connectivity index (χ1n) is 5.99. The summed E-state index contributed by atoms with van der Waals surface area (Å²) < 4.78 is 15.8. The number of nitrogens with zero attached hydrogens (tertiary/aromatic N) is 2. The number of ether oxygens (including phenoxy) is 3. The molecule has 0 aliphatic carbocycles. The van der Waals surface area contributed by atoms with E-state index in [-0.39, 0.29) is 6.61 Å². The van der Waals surface area contributed by atoms with Crippen molar-refractivity contribution >= 4 is 11.6 Å². The molecule has 0 aliphatic heterocycles. The van der Waals surface area contributed by atoms with Gasteiger partial charge in [-0.25, -0.2) is 4.98 Å². The van der Waals surface area contributed by atoms with E-state index in [9.17, 15) is 0 Å². The molecule has 0 aliphatic rings. The molecule has 20 heavy (non-hydrogen) atoms. The minimum absolute atomic E-state index is 0.278. The van der Waals surface area contributed by atoms with E-state index in [0.29, 0.717) is 29.2 Å². The Morgan fingerprint density at radius 3 is 2.60 bits per heavy atom. The first-order chi connectivity index (χ1) is 9.71. The van der Waals surface area contributed by atoms with Gasteiger partial charge in [0.05, 0.1) is 6.61 Å². The summed E-state index contributed by atoms with van der Waals surface area (Å²) in [5.74, 6) is 1.52. The summed E-state index contributed by atoms with van der Waals surface area (Å²) in [5.41, 5.74) is 1.02. The lowest BCUT2D eigenvalue weighted by atomic mass is 10.2. The summed E-state index contributed by atoms with van der Waals surface area (Å²) in [6, 6.07) is 9.13. The van der Waals surface area contributed by atoms with Crippen molar-refractivity contribution in [3.63, 3.8) is 0 Å². The molecule has 1 heterocycles. The van der Waals surface area contributed by atoms with Gasteiger partial charge in [0.1, 0.15) is 17.5 Å². The number of hydrogen-bond donors (Lipinski definition) is 0. The molecule has 0 N–H and O–H groups in total. The van der Waals surface area contributed by atoms with Crippen molar-refractivity contribution in [3.05, 3.63) is 46.9 Å². The van der Waals surface area contributed by atoms with E-state index in [2.05, 4.69) is 9.97 Å². The van der Waals surface area contributed by atoms with Gasteiger partial charge in [0.15, 0.2) is 5.82 Å². The quantitative estimate of drug-likeness (QED) is 0.766. The third kappa shape index (κ3) is 4.16. The van der Waals surface area contributed by atoms with Crippen LogP contribution in [0.4, 0.5) is 0 Å². The second kappa shape index (κ2) is 7.19. The van der Waals surface area contributed by atoms with Gasteiger partial charge >= 0.3 is 0 Å². The van der Waals surface area contributed by atoms with Gasteiger partial charge in [0.2, 0.25) is 5.88 Å². The molecule has 0 spiro atoms. The lowest BCUT2D eigenvalue weighted by Crippen LogP contribution is -1.99. The van der Waals surface area contributed by atoms with Gasteiger partial charge in [-0.2, -0.15) is 4.98 Å². The molecular weight excluding hydrogens is 280 g/mol. The van der Waals surface area contributed by atoms with Crippen LogP contribution >= 0.6 is 11.6 Å². The van der Waals surface area contributed by atoms with Crippen LogP contribution in [0, 0.1) is 0 Å². The normalized spacial score (nSPS) is 10.6. The molecule has 0 amide bonds. The highest BCUT2D eigenvalue weighted by Crippen LogP contribution is 2.23. The number of methoxy groups -OCH3 is 2. The minimum atomic E-state index is 0.278. The van der Waals surface area contributed by atoms with Crippen molar-refractivity contribution in [1.29, 1.82) is 0 Å². The molecule has 0 atom stereocenters. The first-order valence-corrected chi connectivity index (χ1v) is 6.37. The third-order valence-electron chi connectivity index (χ3n) is 2.42. The van der Waals surface area contributed by atoms with Gasteiger partial charge < -0.3 is 14.2 Å². The summed E-state index contributed by atoms with van der Waals surface area (Å²) in [5, 5.41) is 0.315. The van der Waals surface area contributed by atoms with Crippen LogP contribution in [0.3, 0.4) is 0 Å². The topological polar surface area (TPSA) is 53.5 Å². The van der Waals surface area contributed by atoms with E-state index in [1.54, 1.807) is 20.3 Å². The lowest BCUT2D eigenvalue weighted by molar-refractivity contribution is 0.177. The molecule has 0 fully saturated rings. The Morgan fingerprint density at radius 1 is 1.05 bits per heavy atom. The molecule has 106 valence electrons. The van der Waals surface area contributed by atoms with Gasteiger partial charge in [-0.05, 0) is 17.7 Å². The van der Waals surface area contributed by atoms with E-state index < -0.39 is 0 Å². The average molecular weight is 295 g/mol. The second-order valence-electron chi connectivity index (χ2n) is 4.06. The molecule has 0 unspecified atom stereocenters. The van der Waals surface area contributed by atoms with Crippen LogP contribution in [-0.2, 0) is 22.7 Å². The molecule has 5 nitrogen and oxygen atoms in total. The molecule has 0 saturated heterocycles. The molecule has 0 bridgehead atoms. The van der Waals surface area contributed by atoms with Gasteiger partial charge in [-0.15, -0.1) is 0 Å². The van der Waals surface area contributed by atoms with Crippen molar-refractivity contribution in [1.82, 2.24) is 9.97 Å². The monoisotopic (exact) mass is 294 g/mol. The van der Waals surface area contributed by atoms with E-state index >= 15 is 0 Å². The highest BCUT2D eigenvalue weighted by molar-refractivity contribution is 6.29. The zero-order chi connectivity index (χ0) is 14.4. The van der Waals surface area contributed by atoms with Crippen molar-refractivity contribution < 1.29 is 14.2 Å². The number of benzene rings is 1. The van der Waals surface area contributed by atoms with E-state index in [1.807, 2.05) is 24.3 Å². The SMILES string of the molecule is COCc1cccc(Oc2cc(Cl)nc(COC)n2)c1. The smallest absolute Gasteiger partial charge is 0.224 e. The van der Waals surface area contributed by atoms with Gasteiger partial charge in [-0.1, -0.05) is 23.7 Å². The standard InChI is InChI=1S/C14H15ClN2O3/c1-18-8-10-4-3-5-11(6-10)20-14-7-12(15)16-13(17-14)9-19-2/h3-7H,8-9H2,1-2H3. The Kier molecular flexibility index (Phi) is 5.29. The number of aromatic nitrogens is 2. The van der Waals surface area contributed by atoms with Gasteiger partial charge in [-0.3, -0.25) is 0 Å². The predicted molar refractivity (Wildman–Crippen MR) is 75.0 cm³/mol. The maximum Gasteiger partial charge on any atom is 0.224 e. The fourth-order valence-electron chi connectivity index (χ4n) is 1.67. The highest BCUT2D eigenvalue weighted by atomic mass is 35.5. The maximum atomic E-state index is 5.93. The molecule has 0 saturated carbocycles. The molecule has 6 heteroatoms. The Labute approximate surface area is 122 Å². The van der Waals surface area contributed by atoms with Crippen molar-refractivity contribution in [3.8, 4) is 11.6 Å².